The highest BCUT2D eigenvalue weighted by Gasteiger charge is 2.35. The van der Waals surface area contributed by atoms with Crippen molar-refractivity contribution in [2.24, 2.45) is 0 Å². The fourth-order valence-corrected chi connectivity index (χ4v) is 2.80. The summed E-state index contributed by atoms with van der Waals surface area (Å²) in [5.74, 6) is 0.991. The van der Waals surface area contributed by atoms with E-state index in [0.717, 1.165) is 31.0 Å². The lowest BCUT2D eigenvalue weighted by atomic mass is 10.2. The van der Waals surface area contributed by atoms with Crippen molar-refractivity contribution in [2.45, 2.75) is 45.0 Å². The number of likely N-dealkylation sites (tertiary alicyclic amines) is 1. The lowest BCUT2D eigenvalue weighted by Gasteiger charge is -2.21. The quantitative estimate of drug-likeness (QED) is 0.904. The molecule has 0 saturated carbocycles. The van der Waals surface area contributed by atoms with E-state index in [0.29, 0.717) is 6.04 Å². The molecule has 0 amide bonds. The molecule has 0 spiro atoms. The van der Waals surface area contributed by atoms with E-state index in [9.17, 15) is 0 Å². The Bertz CT molecular complexity index is 564. The van der Waals surface area contributed by atoms with Gasteiger partial charge in [-0.15, -0.1) is 5.10 Å². The second-order valence-corrected chi connectivity index (χ2v) is 5.80. The molecule has 2 aromatic rings. The Labute approximate surface area is 124 Å². The van der Waals surface area contributed by atoms with Gasteiger partial charge in [-0.3, -0.25) is 4.90 Å². The van der Waals surface area contributed by atoms with E-state index in [1.807, 2.05) is 17.1 Å². The van der Waals surface area contributed by atoms with Gasteiger partial charge in [0.2, 0.25) is 0 Å². The highest BCUT2D eigenvalue weighted by molar-refractivity contribution is 5.04. The Hall–Kier alpha value is -1.73. The molecule has 0 aliphatic carbocycles. The minimum absolute atomic E-state index is 0.236. The lowest BCUT2D eigenvalue weighted by Crippen LogP contribution is -2.25. The maximum absolute atomic E-state index is 5.53. The largest absolute Gasteiger partial charge is 0.380 e. The van der Waals surface area contributed by atoms with Crippen molar-refractivity contribution in [3.05, 3.63) is 30.1 Å². The molecule has 3 rings (SSSR count). The number of nitrogens with zero attached hydrogens (tertiary/aromatic N) is 5. The van der Waals surface area contributed by atoms with E-state index in [2.05, 4.69) is 39.0 Å². The minimum atomic E-state index is 0.236. The van der Waals surface area contributed by atoms with E-state index >= 15 is 0 Å². The van der Waals surface area contributed by atoms with Crippen LogP contribution in [0.15, 0.2) is 18.6 Å². The number of H-pyrrole nitrogens is 1. The van der Waals surface area contributed by atoms with Crippen molar-refractivity contribution in [2.75, 3.05) is 13.7 Å². The zero-order valence-electron chi connectivity index (χ0n) is 12.7. The number of imidazole rings is 1. The van der Waals surface area contributed by atoms with Gasteiger partial charge < -0.3 is 9.72 Å². The Morgan fingerprint density at radius 1 is 1.48 bits per heavy atom. The third kappa shape index (κ3) is 2.98. The molecule has 0 aromatic carbocycles. The van der Waals surface area contributed by atoms with Crippen LogP contribution in [0.3, 0.4) is 0 Å². The van der Waals surface area contributed by atoms with Crippen LogP contribution in [-0.4, -0.2) is 49.6 Å². The Kier molecular flexibility index (Phi) is 4.03. The average molecular weight is 290 g/mol. The number of aromatic nitrogens is 5. The molecule has 1 aliphatic rings. The number of ether oxygens (including phenoxy) is 1. The molecule has 21 heavy (non-hydrogen) atoms. The zero-order chi connectivity index (χ0) is 14.8. The van der Waals surface area contributed by atoms with Gasteiger partial charge in [0.15, 0.2) is 0 Å². The fraction of sp³-hybridized carbons (Fsp3) is 0.643. The molecule has 1 N–H and O–H groups in total. The average Bonchev–Trinajstić information content (AvgIpc) is 3.18. The molecule has 1 aliphatic heterocycles. The van der Waals surface area contributed by atoms with Crippen molar-refractivity contribution in [3.8, 4) is 0 Å². The predicted octanol–water partition coefficient (Wildman–Crippen LogP) is 1.54. The molecule has 0 bridgehead atoms. The molecule has 3 heterocycles. The molecular formula is C14H22N6O. The smallest absolute Gasteiger partial charge is 0.123 e. The van der Waals surface area contributed by atoms with Gasteiger partial charge in [-0.05, 0) is 20.3 Å². The number of hydrogen-bond donors (Lipinski definition) is 1. The predicted molar refractivity (Wildman–Crippen MR) is 77.6 cm³/mol. The first-order valence-corrected chi connectivity index (χ1v) is 7.34. The van der Waals surface area contributed by atoms with Gasteiger partial charge in [-0.2, -0.15) is 0 Å². The maximum Gasteiger partial charge on any atom is 0.123 e. The van der Waals surface area contributed by atoms with Crippen LogP contribution in [0.2, 0.25) is 0 Å². The summed E-state index contributed by atoms with van der Waals surface area (Å²) in [7, 11) is 1.77. The molecule has 7 heteroatoms. The summed E-state index contributed by atoms with van der Waals surface area (Å²) in [6.45, 7) is 5.84. The normalized spacial score (nSPS) is 23.2. The van der Waals surface area contributed by atoms with Crippen LogP contribution in [-0.2, 0) is 11.3 Å². The van der Waals surface area contributed by atoms with Gasteiger partial charge >= 0.3 is 0 Å². The third-order valence-corrected chi connectivity index (χ3v) is 3.99. The number of rotatable bonds is 5. The molecule has 1 saturated heterocycles. The Balaban J connectivity index is 1.75. The summed E-state index contributed by atoms with van der Waals surface area (Å²) in [5, 5.41) is 8.44. The van der Waals surface area contributed by atoms with Crippen molar-refractivity contribution in [1.29, 1.82) is 0 Å². The topological polar surface area (TPSA) is 71.9 Å². The first-order chi connectivity index (χ1) is 10.2. The van der Waals surface area contributed by atoms with Crippen LogP contribution >= 0.6 is 0 Å². The van der Waals surface area contributed by atoms with Crippen LogP contribution in [0, 0.1) is 0 Å². The summed E-state index contributed by atoms with van der Waals surface area (Å²) in [6, 6.07) is 0.576. The number of hydrogen-bond acceptors (Lipinski definition) is 5. The third-order valence-electron chi connectivity index (χ3n) is 3.99. The van der Waals surface area contributed by atoms with E-state index in [4.69, 9.17) is 4.74 Å². The van der Waals surface area contributed by atoms with E-state index in [1.54, 1.807) is 13.3 Å². The van der Waals surface area contributed by atoms with E-state index in [-0.39, 0.29) is 12.1 Å². The Morgan fingerprint density at radius 2 is 2.33 bits per heavy atom. The molecule has 114 valence electrons. The monoisotopic (exact) mass is 290 g/mol. The van der Waals surface area contributed by atoms with E-state index < -0.39 is 0 Å². The first-order valence-electron chi connectivity index (χ1n) is 7.34. The van der Waals surface area contributed by atoms with Crippen LogP contribution in [0.25, 0.3) is 0 Å². The van der Waals surface area contributed by atoms with Crippen molar-refractivity contribution in [3.63, 3.8) is 0 Å². The van der Waals surface area contributed by atoms with Gasteiger partial charge in [0.25, 0.3) is 0 Å². The molecule has 2 atom stereocenters. The molecular weight excluding hydrogens is 268 g/mol. The summed E-state index contributed by atoms with van der Waals surface area (Å²) < 4.78 is 7.42. The first kappa shape index (κ1) is 14.2. The highest BCUT2D eigenvalue weighted by Crippen LogP contribution is 2.32. The van der Waals surface area contributed by atoms with Crippen LogP contribution in [0.1, 0.15) is 43.9 Å². The van der Waals surface area contributed by atoms with Gasteiger partial charge in [-0.1, -0.05) is 5.21 Å². The highest BCUT2D eigenvalue weighted by atomic mass is 16.5. The molecule has 0 radical (unpaired) electrons. The summed E-state index contributed by atoms with van der Waals surface area (Å²) in [5.41, 5.74) is 0.983. The van der Waals surface area contributed by atoms with Gasteiger partial charge in [-0.25, -0.2) is 9.67 Å². The second kappa shape index (κ2) is 5.95. The molecule has 1 fully saturated rings. The van der Waals surface area contributed by atoms with Crippen LogP contribution < -0.4 is 0 Å². The minimum Gasteiger partial charge on any atom is -0.380 e. The van der Waals surface area contributed by atoms with Crippen LogP contribution in [0.4, 0.5) is 0 Å². The van der Waals surface area contributed by atoms with Gasteiger partial charge in [0.05, 0.1) is 24.0 Å². The summed E-state index contributed by atoms with van der Waals surface area (Å²) in [6.07, 6.45) is 6.86. The Morgan fingerprint density at radius 3 is 2.95 bits per heavy atom. The second-order valence-electron chi connectivity index (χ2n) is 5.80. The standard InChI is InChI=1S/C14H22N6O/c1-10(2)20-8-11(17-18-20)7-19-9-12(21-3)6-13(19)14-15-4-5-16-14/h4-5,8,10,12-13H,6-7,9H2,1-3H3,(H,15,16)/t12-,13?/m1/s1. The maximum atomic E-state index is 5.53. The van der Waals surface area contributed by atoms with Crippen molar-refractivity contribution in [1.82, 2.24) is 29.9 Å². The fourth-order valence-electron chi connectivity index (χ4n) is 2.80. The summed E-state index contributed by atoms with van der Waals surface area (Å²) >= 11 is 0. The van der Waals surface area contributed by atoms with Crippen molar-refractivity contribution >= 4 is 0 Å². The number of nitrogens with one attached hydrogen (secondary N) is 1. The van der Waals surface area contributed by atoms with Crippen LogP contribution in [0.5, 0.6) is 0 Å². The molecule has 1 unspecified atom stereocenters. The SMILES string of the molecule is CO[C@@H]1CC(c2ncc[nH]2)N(Cc2cn(C(C)C)nn2)C1. The van der Waals surface area contributed by atoms with Crippen molar-refractivity contribution < 1.29 is 4.74 Å². The lowest BCUT2D eigenvalue weighted by molar-refractivity contribution is 0.107. The molecule has 2 aromatic heterocycles. The van der Waals surface area contributed by atoms with Gasteiger partial charge in [0.1, 0.15) is 5.82 Å². The number of methoxy groups -OCH3 is 1. The van der Waals surface area contributed by atoms with Gasteiger partial charge in [0, 0.05) is 38.6 Å². The summed E-state index contributed by atoms with van der Waals surface area (Å²) in [4.78, 5) is 9.96. The van der Waals surface area contributed by atoms with E-state index in [1.165, 1.54) is 0 Å². The zero-order valence-corrected chi connectivity index (χ0v) is 12.7. The number of aromatic amines is 1. The molecule has 7 nitrogen and oxygen atoms in total.